The molecular formula is C15H16N4. The molecule has 0 aliphatic heterocycles. The van der Waals surface area contributed by atoms with Crippen LogP contribution in [0, 0.1) is 6.92 Å². The summed E-state index contributed by atoms with van der Waals surface area (Å²) in [4.78, 5) is 9.24. The third kappa shape index (κ3) is 1.90. The maximum absolute atomic E-state index is 5.56. The second kappa shape index (κ2) is 4.48. The summed E-state index contributed by atoms with van der Waals surface area (Å²) in [5.41, 5.74) is 6.60. The fourth-order valence-corrected chi connectivity index (χ4v) is 2.35. The quantitative estimate of drug-likeness (QED) is 0.418. The third-order valence-corrected chi connectivity index (χ3v) is 3.38. The Hall–Kier alpha value is -2.20. The van der Waals surface area contributed by atoms with Crippen molar-refractivity contribution in [3.8, 4) is 0 Å². The minimum Gasteiger partial charge on any atom is -0.308 e. The summed E-state index contributed by atoms with van der Waals surface area (Å²) >= 11 is 0. The Morgan fingerprint density at radius 3 is 2.47 bits per heavy atom. The number of nitrogens with two attached hydrogens (primary N) is 1. The van der Waals surface area contributed by atoms with Gasteiger partial charge in [-0.1, -0.05) is 25.1 Å². The summed E-state index contributed by atoms with van der Waals surface area (Å²) in [5.74, 6) is 6.29. The fraction of sp³-hybridized carbons (Fsp3) is 0.200. The number of nitrogen functional groups attached to an aromatic ring is 1. The summed E-state index contributed by atoms with van der Waals surface area (Å²) in [6.07, 6.45) is 0.891. The number of anilines is 1. The van der Waals surface area contributed by atoms with Gasteiger partial charge in [-0.25, -0.2) is 10.8 Å². The van der Waals surface area contributed by atoms with Crippen LogP contribution >= 0.6 is 0 Å². The van der Waals surface area contributed by atoms with Gasteiger partial charge in [0.1, 0.15) is 5.82 Å². The standard InChI is InChI=1S/C15H16N4/c1-3-10-8-12-7-6-11-5-4-9(2)17-13(11)14(12)18-15(10)19-16/h4-8H,3,16H2,1-2H3,(H,18,19). The largest absolute Gasteiger partial charge is 0.308 e. The molecule has 0 fully saturated rings. The number of benzene rings is 1. The molecule has 0 aliphatic carbocycles. The number of nitrogens with zero attached hydrogens (tertiary/aromatic N) is 2. The van der Waals surface area contributed by atoms with Crippen LogP contribution in [-0.2, 0) is 6.42 Å². The molecule has 0 atom stereocenters. The maximum atomic E-state index is 5.56. The van der Waals surface area contributed by atoms with Crippen molar-refractivity contribution in [1.29, 1.82) is 0 Å². The van der Waals surface area contributed by atoms with Gasteiger partial charge in [0.25, 0.3) is 0 Å². The molecule has 0 amide bonds. The van der Waals surface area contributed by atoms with E-state index in [4.69, 9.17) is 5.84 Å². The first-order valence-electron chi connectivity index (χ1n) is 6.39. The van der Waals surface area contributed by atoms with Crippen molar-refractivity contribution in [3.63, 3.8) is 0 Å². The molecule has 1 aromatic carbocycles. The lowest BCUT2D eigenvalue weighted by molar-refractivity contribution is 1.10. The number of hydrogen-bond acceptors (Lipinski definition) is 4. The summed E-state index contributed by atoms with van der Waals surface area (Å²) in [7, 11) is 0. The number of rotatable bonds is 2. The Labute approximate surface area is 111 Å². The molecule has 2 heterocycles. The van der Waals surface area contributed by atoms with Crippen molar-refractivity contribution in [1.82, 2.24) is 9.97 Å². The third-order valence-electron chi connectivity index (χ3n) is 3.38. The molecule has 96 valence electrons. The minimum absolute atomic E-state index is 0.728. The number of aromatic nitrogens is 2. The highest BCUT2D eigenvalue weighted by Gasteiger charge is 2.08. The Morgan fingerprint density at radius 1 is 1.05 bits per heavy atom. The van der Waals surface area contributed by atoms with Crippen LogP contribution in [0.3, 0.4) is 0 Å². The minimum atomic E-state index is 0.728. The van der Waals surface area contributed by atoms with Gasteiger partial charge in [-0.2, -0.15) is 0 Å². The maximum Gasteiger partial charge on any atom is 0.143 e. The number of pyridine rings is 2. The van der Waals surface area contributed by atoms with E-state index >= 15 is 0 Å². The van der Waals surface area contributed by atoms with E-state index in [0.717, 1.165) is 45.3 Å². The average molecular weight is 252 g/mol. The van der Waals surface area contributed by atoms with Gasteiger partial charge in [0, 0.05) is 16.5 Å². The molecule has 4 nitrogen and oxygen atoms in total. The van der Waals surface area contributed by atoms with E-state index in [9.17, 15) is 0 Å². The molecule has 0 spiro atoms. The van der Waals surface area contributed by atoms with E-state index < -0.39 is 0 Å². The molecule has 0 radical (unpaired) electrons. The van der Waals surface area contributed by atoms with E-state index in [-0.39, 0.29) is 0 Å². The Bertz CT molecular complexity index is 765. The lowest BCUT2D eigenvalue weighted by Crippen LogP contribution is -2.11. The van der Waals surface area contributed by atoms with Gasteiger partial charge in [0.15, 0.2) is 0 Å². The number of nitrogens with one attached hydrogen (secondary N) is 1. The smallest absolute Gasteiger partial charge is 0.143 e. The predicted octanol–water partition coefficient (Wildman–Crippen LogP) is 2.94. The zero-order valence-electron chi connectivity index (χ0n) is 11.1. The van der Waals surface area contributed by atoms with E-state index in [0.29, 0.717) is 0 Å². The first-order chi connectivity index (χ1) is 9.22. The number of hydrazine groups is 1. The summed E-state index contributed by atoms with van der Waals surface area (Å²) in [6.45, 7) is 4.08. The summed E-state index contributed by atoms with van der Waals surface area (Å²) < 4.78 is 0. The van der Waals surface area contributed by atoms with Gasteiger partial charge in [0.05, 0.1) is 11.0 Å². The molecule has 0 unspecified atom stereocenters. The lowest BCUT2D eigenvalue weighted by Gasteiger charge is -2.10. The Kier molecular flexibility index (Phi) is 2.80. The normalized spacial score (nSPS) is 11.1. The topological polar surface area (TPSA) is 63.8 Å². The van der Waals surface area contributed by atoms with Crippen molar-refractivity contribution in [2.24, 2.45) is 5.84 Å². The zero-order chi connectivity index (χ0) is 13.4. The molecule has 3 aromatic rings. The second-order valence-corrected chi connectivity index (χ2v) is 4.66. The van der Waals surface area contributed by atoms with Crippen LogP contribution in [0.25, 0.3) is 21.8 Å². The van der Waals surface area contributed by atoms with Gasteiger partial charge in [-0.3, -0.25) is 4.98 Å². The zero-order valence-corrected chi connectivity index (χ0v) is 11.1. The lowest BCUT2D eigenvalue weighted by atomic mass is 10.1. The van der Waals surface area contributed by atoms with Gasteiger partial charge >= 0.3 is 0 Å². The van der Waals surface area contributed by atoms with E-state index in [1.165, 1.54) is 0 Å². The molecule has 19 heavy (non-hydrogen) atoms. The van der Waals surface area contributed by atoms with Gasteiger partial charge in [-0.05, 0) is 31.0 Å². The first-order valence-corrected chi connectivity index (χ1v) is 6.39. The fourth-order valence-electron chi connectivity index (χ4n) is 2.35. The molecule has 0 saturated carbocycles. The van der Waals surface area contributed by atoms with Crippen molar-refractivity contribution in [2.75, 3.05) is 5.43 Å². The molecule has 3 rings (SSSR count). The SMILES string of the molecule is CCc1cc2ccc3ccc(C)nc3c2nc1NN. The molecule has 0 aliphatic rings. The highest BCUT2D eigenvalue weighted by atomic mass is 15.2. The molecule has 3 N–H and O–H groups in total. The summed E-state index contributed by atoms with van der Waals surface area (Å²) in [6, 6.07) is 10.4. The summed E-state index contributed by atoms with van der Waals surface area (Å²) in [5, 5.41) is 2.19. The van der Waals surface area contributed by atoms with Crippen LogP contribution < -0.4 is 11.3 Å². The van der Waals surface area contributed by atoms with Crippen LogP contribution in [-0.4, -0.2) is 9.97 Å². The van der Waals surface area contributed by atoms with Crippen LogP contribution in [0.15, 0.2) is 30.3 Å². The molecule has 0 saturated heterocycles. The monoisotopic (exact) mass is 252 g/mol. The second-order valence-electron chi connectivity index (χ2n) is 4.66. The van der Waals surface area contributed by atoms with Crippen LogP contribution in [0.4, 0.5) is 5.82 Å². The van der Waals surface area contributed by atoms with Gasteiger partial charge < -0.3 is 5.43 Å². The Morgan fingerprint density at radius 2 is 1.74 bits per heavy atom. The van der Waals surface area contributed by atoms with E-state index in [2.05, 4.69) is 46.6 Å². The van der Waals surface area contributed by atoms with Crippen molar-refractivity contribution < 1.29 is 0 Å². The van der Waals surface area contributed by atoms with Crippen LogP contribution in [0.2, 0.25) is 0 Å². The van der Waals surface area contributed by atoms with Crippen molar-refractivity contribution in [3.05, 3.63) is 41.6 Å². The Balaban J connectivity index is 2.43. The number of fused-ring (bicyclic) bond motifs is 3. The van der Waals surface area contributed by atoms with E-state index in [1.54, 1.807) is 0 Å². The van der Waals surface area contributed by atoms with Crippen LogP contribution in [0.5, 0.6) is 0 Å². The molecule has 0 bridgehead atoms. The van der Waals surface area contributed by atoms with Gasteiger partial charge in [-0.15, -0.1) is 0 Å². The molecule has 4 heteroatoms. The molecular weight excluding hydrogens is 236 g/mol. The van der Waals surface area contributed by atoms with Crippen LogP contribution in [0.1, 0.15) is 18.2 Å². The van der Waals surface area contributed by atoms with E-state index in [1.807, 2.05) is 13.0 Å². The highest BCUT2D eigenvalue weighted by Crippen LogP contribution is 2.26. The molecule has 2 aromatic heterocycles. The predicted molar refractivity (Wildman–Crippen MR) is 79.0 cm³/mol. The highest BCUT2D eigenvalue weighted by molar-refractivity contribution is 6.03. The van der Waals surface area contributed by atoms with Crippen molar-refractivity contribution in [2.45, 2.75) is 20.3 Å². The van der Waals surface area contributed by atoms with Gasteiger partial charge in [0.2, 0.25) is 0 Å². The van der Waals surface area contributed by atoms with Crippen molar-refractivity contribution >= 4 is 27.6 Å². The number of aryl methyl sites for hydroxylation is 2. The number of hydrogen-bond donors (Lipinski definition) is 2. The first kappa shape index (κ1) is 11.9. The average Bonchev–Trinajstić information content (AvgIpc) is 2.45.